The van der Waals surface area contributed by atoms with Gasteiger partial charge in [-0.2, -0.15) is 4.98 Å². The van der Waals surface area contributed by atoms with E-state index in [2.05, 4.69) is 20.1 Å². The first-order valence-electron chi connectivity index (χ1n) is 6.50. The number of nitrogens with one attached hydrogen (secondary N) is 1. The lowest BCUT2D eigenvalue weighted by molar-refractivity contribution is 0.391. The first-order chi connectivity index (χ1) is 10.6. The van der Waals surface area contributed by atoms with Crippen molar-refractivity contribution in [3.05, 3.63) is 52.1 Å². The lowest BCUT2D eigenvalue weighted by atomic mass is 10.1. The van der Waals surface area contributed by atoms with E-state index in [0.29, 0.717) is 22.6 Å². The van der Waals surface area contributed by atoms with Gasteiger partial charge in [0.1, 0.15) is 5.82 Å². The maximum absolute atomic E-state index is 11.3. The summed E-state index contributed by atoms with van der Waals surface area (Å²) in [6.07, 6.45) is 0. The number of anilines is 1. The summed E-state index contributed by atoms with van der Waals surface area (Å²) < 4.78 is 5.22. The van der Waals surface area contributed by atoms with E-state index in [9.17, 15) is 4.79 Å². The molecular weight excluding hydrogens is 302 g/mol. The van der Waals surface area contributed by atoms with Gasteiger partial charge < -0.3 is 15.2 Å². The molecule has 0 saturated heterocycles. The van der Waals surface area contributed by atoms with Gasteiger partial charge in [0.05, 0.1) is 5.75 Å². The molecule has 1 aromatic carbocycles. The minimum Gasteiger partial charge on any atom is -0.383 e. The van der Waals surface area contributed by atoms with Crippen LogP contribution >= 0.6 is 11.8 Å². The lowest BCUT2D eigenvalue weighted by Gasteiger charge is -1.99. The molecule has 7 nitrogen and oxygen atoms in total. The molecular formula is C14H13N5O2S. The van der Waals surface area contributed by atoms with E-state index in [-0.39, 0.29) is 11.4 Å². The van der Waals surface area contributed by atoms with E-state index in [1.54, 1.807) is 0 Å². The van der Waals surface area contributed by atoms with Crippen molar-refractivity contribution in [2.75, 3.05) is 5.73 Å². The minimum atomic E-state index is -0.291. The topological polar surface area (TPSA) is 111 Å². The quantitative estimate of drug-likeness (QED) is 0.559. The number of nitrogens with two attached hydrogens (primary N) is 1. The minimum absolute atomic E-state index is 0.178. The van der Waals surface area contributed by atoms with Gasteiger partial charge in [-0.25, -0.2) is 4.98 Å². The van der Waals surface area contributed by atoms with Gasteiger partial charge in [-0.15, -0.1) is 0 Å². The number of hydrogen-bond acceptors (Lipinski definition) is 7. The number of rotatable bonds is 4. The standard InChI is InChI=1S/C14H13N5O2S/c1-8-4-2-3-5-9(8)13-18-12(21-19-13)7-22-14-16-10(15)6-11(20)17-14/h2-6H,7H2,1H3,(H3,15,16,17,20). The Labute approximate surface area is 130 Å². The molecule has 0 saturated carbocycles. The summed E-state index contributed by atoms with van der Waals surface area (Å²) in [7, 11) is 0. The SMILES string of the molecule is Cc1ccccc1-c1noc(CSc2nc(N)cc(=O)[nH]2)n1. The average Bonchev–Trinajstić information content (AvgIpc) is 2.93. The van der Waals surface area contributed by atoms with Crippen LogP contribution in [0.2, 0.25) is 0 Å². The van der Waals surface area contributed by atoms with Crippen molar-refractivity contribution in [2.24, 2.45) is 0 Å². The van der Waals surface area contributed by atoms with Crippen LogP contribution < -0.4 is 11.3 Å². The number of nitrogens with zero attached hydrogens (tertiary/aromatic N) is 3. The predicted octanol–water partition coefficient (Wildman–Crippen LogP) is 2.00. The van der Waals surface area contributed by atoms with E-state index in [1.165, 1.54) is 17.8 Å². The zero-order valence-electron chi connectivity index (χ0n) is 11.7. The fourth-order valence-corrected chi connectivity index (χ4v) is 2.62. The van der Waals surface area contributed by atoms with Gasteiger partial charge in [-0.1, -0.05) is 41.2 Å². The largest absolute Gasteiger partial charge is 0.383 e. The van der Waals surface area contributed by atoms with Gasteiger partial charge >= 0.3 is 0 Å². The molecule has 22 heavy (non-hydrogen) atoms. The van der Waals surface area contributed by atoms with Crippen LogP contribution in [-0.4, -0.2) is 20.1 Å². The molecule has 3 N–H and O–H groups in total. The molecule has 0 aliphatic rings. The summed E-state index contributed by atoms with van der Waals surface area (Å²) >= 11 is 1.27. The molecule has 0 bridgehead atoms. The Balaban J connectivity index is 1.75. The number of benzene rings is 1. The number of aromatic amines is 1. The predicted molar refractivity (Wildman–Crippen MR) is 83.3 cm³/mol. The second-order valence-electron chi connectivity index (χ2n) is 4.59. The molecule has 0 spiro atoms. The zero-order valence-corrected chi connectivity index (χ0v) is 12.6. The van der Waals surface area contributed by atoms with E-state index >= 15 is 0 Å². The van der Waals surface area contributed by atoms with E-state index < -0.39 is 0 Å². The van der Waals surface area contributed by atoms with Crippen LogP contribution in [0.3, 0.4) is 0 Å². The van der Waals surface area contributed by atoms with Crippen LogP contribution in [0.5, 0.6) is 0 Å². The highest BCUT2D eigenvalue weighted by Crippen LogP contribution is 2.22. The second kappa shape index (κ2) is 6.02. The van der Waals surface area contributed by atoms with Crippen molar-refractivity contribution in [3.63, 3.8) is 0 Å². The summed E-state index contributed by atoms with van der Waals surface area (Å²) in [5.41, 5.74) is 7.24. The Morgan fingerprint density at radius 2 is 2.14 bits per heavy atom. The van der Waals surface area contributed by atoms with Gasteiger partial charge in [0.25, 0.3) is 5.56 Å². The fraction of sp³-hybridized carbons (Fsp3) is 0.143. The Morgan fingerprint density at radius 1 is 1.32 bits per heavy atom. The molecule has 8 heteroatoms. The molecule has 0 radical (unpaired) electrons. The van der Waals surface area contributed by atoms with Crippen LogP contribution in [0.25, 0.3) is 11.4 Å². The molecule has 112 valence electrons. The Hall–Kier alpha value is -2.61. The highest BCUT2D eigenvalue weighted by Gasteiger charge is 2.11. The molecule has 2 heterocycles. The normalized spacial score (nSPS) is 10.8. The molecule has 3 aromatic rings. The van der Waals surface area contributed by atoms with Crippen LogP contribution in [0.1, 0.15) is 11.5 Å². The molecule has 0 amide bonds. The van der Waals surface area contributed by atoms with E-state index in [0.717, 1.165) is 11.1 Å². The number of hydrogen-bond donors (Lipinski definition) is 2. The Bertz CT molecular complexity index is 858. The van der Waals surface area contributed by atoms with Crippen LogP contribution in [0.15, 0.2) is 44.8 Å². The van der Waals surface area contributed by atoms with Gasteiger partial charge in [-0.3, -0.25) is 4.79 Å². The number of nitrogen functional groups attached to an aromatic ring is 1. The van der Waals surface area contributed by atoms with Crippen LogP contribution in [-0.2, 0) is 5.75 Å². The number of thioether (sulfide) groups is 1. The summed E-state index contributed by atoms with van der Waals surface area (Å²) in [5, 5.41) is 4.40. The van der Waals surface area contributed by atoms with Gasteiger partial charge in [0.15, 0.2) is 5.16 Å². The Morgan fingerprint density at radius 3 is 2.91 bits per heavy atom. The Kier molecular flexibility index (Phi) is 3.92. The lowest BCUT2D eigenvalue weighted by Crippen LogP contribution is -2.09. The third-order valence-corrected chi connectivity index (χ3v) is 3.78. The number of aromatic nitrogens is 4. The second-order valence-corrected chi connectivity index (χ2v) is 5.55. The van der Waals surface area contributed by atoms with Crippen molar-refractivity contribution in [3.8, 4) is 11.4 Å². The highest BCUT2D eigenvalue weighted by atomic mass is 32.2. The number of aryl methyl sites for hydroxylation is 1. The first-order valence-corrected chi connectivity index (χ1v) is 7.48. The van der Waals surface area contributed by atoms with Crippen LogP contribution in [0, 0.1) is 6.92 Å². The maximum atomic E-state index is 11.3. The summed E-state index contributed by atoms with van der Waals surface area (Å²) in [6.45, 7) is 1.99. The van der Waals surface area contributed by atoms with Crippen molar-refractivity contribution in [1.82, 2.24) is 20.1 Å². The molecule has 0 unspecified atom stereocenters. The van der Waals surface area contributed by atoms with E-state index in [1.807, 2.05) is 31.2 Å². The summed E-state index contributed by atoms with van der Waals surface area (Å²) in [5.74, 6) is 1.57. The maximum Gasteiger partial charge on any atom is 0.253 e. The smallest absolute Gasteiger partial charge is 0.253 e. The van der Waals surface area contributed by atoms with Gasteiger partial charge in [0, 0.05) is 11.6 Å². The van der Waals surface area contributed by atoms with E-state index in [4.69, 9.17) is 10.3 Å². The van der Waals surface area contributed by atoms with Crippen LogP contribution in [0.4, 0.5) is 5.82 Å². The monoisotopic (exact) mass is 315 g/mol. The fourth-order valence-electron chi connectivity index (χ4n) is 1.90. The van der Waals surface area contributed by atoms with Crippen molar-refractivity contribution < 1.29 is 4.52 Å². The van der Waals surface area contributed by atoms with Crippen molar-refractivity contribution in [1.29, 1.82) is 0 Å². The molecule has 3 rings (SSSR count). The third-order valence-electron chi connectivity index (χ3n) is 2.93. The average molecular weight is 315 g/mol. The van der Waals surface area contributed by atoms with Crippen molar-refractivity contribution >= 4 is 17.6 Å². The first kappa shape index (κ1) is 14.3. The number of H-pyrrole nitrogens is 1. The summed E-state index contributed by atoms with van der Waals surface area (Å²) in [4.78, 5) is 22.3. The molecule has 0 fully saturated rings. The molecule has 0 aliphatic heterocycles. The molecule has 0 atom stereocenters. The highest BCUT2D eigenvalue weighted by molar-refractivity contribution is 7.98. The third kappa shape index (κ3) is 3.17. The molecule has 2 aromatic heterocycles. The molecule has 0 aliphatic carbocycles. The van der Waals surface area contributed by atoms with Gasteiger partial charge in [0.2, 0.25) is 11.7 Å². The summed E-state index contributed by atoms with van der Waals surface area (Å²) in [6, 6.07) is 9.04. The zero-order chi connectivity index (χ0) is 15.5. The van der Waals surface area contributed by atoms with Gasteiger partial charge in [-0.05, 0) is 12.5 Å². The van der Waals surface area contributed by atoms with Crippen molar-refractivity contribution in [2.45, 2.75) is 17.8 Å².